The van der Waals surface area contributed by atoms with Gasteiger partial charge in [0.05, 0.1) is 24.8 Å². The molecule has 0 fully saturated rings. The average molecular weight is 488 g/mol. The Hall–Kier alpha value is -2.91. The molecule has 0 unspecified atom stereocenters. The Bertz CT molecular complexity index is 1120. The van der Waals surface area contributed by atoms with Gasteiger partial charge in [-0.05, 0) is 55.3 Å². The third-order valence-corrected chi connectivity index (χ3v) is 6.71. The summed E-state index contributed by atoms with van der Waals surface area (Å²) in [6.45, 7) is 4.60. The Kier molecular flexibility index (Phi) is 7.29. The zero-order valence-electron chi connectivity index (χ0n) is 18.7. The van der Waals surface area contributed by atoms with Gasteiger partial charge in [0.25, 0.3) is 0 Å². The van der Waals surface area contributed by atoms with Crippen LogP contribution in [0, 0.1) is 0 Å². The standard InChI is InChI=1S/C23H26ClN5O3S/c1-4-6-19-26-27-23-29(19)28-20(14-7-12-18(31-3)17(24)13-14)21(33-23)22(30)25-15-8-10-16(11-9-15)32-5-2/h7-13,20-21,28H,4-6H2,1-3H3,(H,25,30)/t20-,21-/m0/s1. The van der Waals surface area contributed by atoms with E-state index >= 15 is 0 Å². The molecule has 0 saturated carbocycles. The predicted molar refractivity (Wildman–Crippen MR) is 130 cm³/mol. The second-order valence-electron chi connectivity index (χ2n) is 7.47. The summed E-state index contributed by atoms with van der Waals surface area (Å²) >= 11 is 7.78. The number of aryl methyl sites for hydroxylation is 1. The van der Waals surface area contributed by atoms with Crippen LogP contribution in [0.1, 0.15) is 37.7 Å². The SMILES string of the molecule is CCCc1nnc2n1N[C@@H](c1ccc(OC)c(Cl)c1)[C@@H](C(=O)Nc1ccc(OCC)cc1)S2. The summed E-state index contributed by atoms with van der Waals surface area (Å²) in [7, 11) is 1.57. The lowest BCUT2D eigenvalue weighted by Gasteiger charge is -2.33. The topological polar surface area (TPSA) is 90.3 Å². The number of hydrogen-bond donors (Lipinski definition) is 2. The minimum atomic E-state index is -0.507. The predicted octanol–water partition coefficient (Wildman–Crippen LogP) is 4.69. The van der Waals surface area contributed by atoms with Crippen molar-refractivity contribution in [3.63, 3.8) is 0 Å². The van der Waals surface area contributed by atoms with Crippen LogP contribution in [0.5, 0.6) is 11.5 Å². The van der Waals surface area contributed by atoms with Crippen LogP contribution in [0.4, 0.5) is 5.69 Å². The summed E-state index contributed by atoms with van der Waals surface area (Å²) in [4.78, 5) is 13.4. The number of aromatic nitrogens is 3. The summed E-state index contributed by atoms with van der Waals surface area (Å²) in [5, 5.41) is 12.2. The second kappa shape index (κ2) is 10.4. The number of anilines is 1. The molecule has 1 aromatic heterocycles. The number of amides is 1. The first-order valence-electron chi connectivity index (χ1n) is 10.8. The highest BCUT2D eigenvalue weighted by molar-refractivity contribution is 8.00. The number of benzene rings is 2. The van der Waals surface area contributed by atoms with Crippen LogP contribution in [-0.2, 0) is 11.2 Å². The number of halogens is 1. The van der Waals surface area contributed by atoms with Crippen molar-refractivity contribution in [2.24, 2.45) is 0 Å². The fourth-order valence-electron chi connectivity index (χ4n) is 3.62. The first kappa shape index (κ1) is 23.3. The lowest BCUT2D eigenvalue weighted by atomic mass is 10.0. The first-order valence-corrected chi connectivity index (χ1v) is 12.0. The van der Waals surface area contributed by atoms with Gasteiger partial charge in [0, 0.05) is 12.1 Å². The van der Waals surface area contributed by atoms with E-state index in [0.717, 1.165) is 30.0 Å². The zero-order chi connectivity index (χ0) is 23.4. The van der Waals surface area contributed by atoms with Gasteiger partial charge in [-0.1, -0.05) is 36.4 Å². The molecule has 2 N–H and O–H groups in total. The van der Waals surface area contributed by atoms with Crippen molar-refractivity contribution in [2.75, 3.05) is 24.5 Å². The van der Waals surface area contributed by atoms with Gasteiger partial charge in [0.15, 0.2) is 5.82 Å². The Labute approximate surface area is 202 Å². The van der Waals surface area contributed by atoms with Gasteiger partial charge in [-0.3, -0.25) is 4.79 Å². The number of rotatable bonds is 8. The van der Waals surface area contributed by atoms with Gasteiger partial charge >= 0.3 is 0 Å². The number of nitrogens with zero attached hydrogens (tertiary/aromatic N) is 3. The van der Waals surface area contributed by atoms with Crippen LogP contribution in [0.3, 0.4) is 0 Å². The van der Waals surface area contributed by atoms with E-state index in [0.29, 0.717) is 28.2 Å². The van der Waals surface area contributed by atoms with Crippen LogP contribution in [-0.4, -0.2) is 39.7 Å². The van der Waals surface area contributed by atoms with E-state index in [1.807, 2.05) is 48.0 Å². The molecule has 33 heavy (non-hydrogen) atoms. The minimum absolute atomic E-state index is 0.153. The van der Waals surface area contributed by atoms with Gasteiger partial charge in [-0.15, -0.1) is 10.2 Å². The Morgan fingerprint density at radius 2 is 2.00 bits per heavy atom. The molecule has 2 heterocycles. The molecular formula is C23H26ClN5O3S. The summed E-state index contributed by atoms with van der Waals surface area (Å²) in [6.07, 6.45) is 1.71. The molecule has 1 aliphatic heterocycles. The molecule has 174 valence electrons. The number of ether oxygens (including phenoxy) is 2. The molecule has 0 saturated heterocycles. The van der Waals surface area contributed by atoms with E-state index in [9.17, 15) is 4.79 Å². The summed E-state index contributed by atoms with van der Waals surface area (Å²) < 4.78 is 12.6. The van der Waals surface area contributed by atoms with Crippen molar-refractivity contribution in [3.8, 4) is 11.5 Å². The highest BCUT2D eigenvalue weighted by Crippen LogP contribution is 2.39. The van der Waals surface area contributed by atoms with Crippen LogP contribution in [0.2, 0.25) is 5.02 Å². The number of fused-ring (bicyclic) bond motifs is 1. The van der Waals surface area contributed by atoms with Gasteiger partial charge in [-0.25, -0.2) is 4.68 Å². The molecule has 2 atom stereocenters. The summed E-state index contributed by atoms with van der Waals surface area (Å²) in [5.74, 6) is 2.01. The van der Waals surface area contributed by atoms with Gasteiger partial charge in [0.1, 0.15) is 16.7 Å². The molecule has 8 nitrogen and oxygen atoms in total. The maximum Gasteiger partial charge on any atom is 0.240 e. The van der Waals surface area contributed by atoms with E-state index in [2.05, 4.69) is 27.9 Å². The molecule has 3 aromatic rings. The van der Waals surface area contributed by atoms with Gasteiger partial charge < -0.3 is 20.2 Å². The molecule has 10 heteroatoms. The molecular weight excluding hydrogens is 462 g/mol. The first-order chi connectivity index (χ1) is 16.0. The highest BCUT2D eigenvalue weighted by atomic mass is 35.5. The third-order valence-electron chi connectivity index (χ3n) is 5.20. The average Bonchev–Trinajstić information content (AvgIpc) is 3.21. The van der Waals surface area contributed by atoms with Crippen molar-refractivity contribution < 1.29 is 14.3 Å². The second-order valence-corrected chi connectivity index (χ2v) is 8.99. The summed E-state index contributed by atoms with van der Waals surface area (Å²) in [5.41, 5.74) is 5.00. The zero-order valence-corrected chi connectivity index (χ0v) is 20.2. The fraction of sp³-hybridized carbons (Fsp3) is 0.348. The Morgan fingerprint density at radius 3 is 2.67 bits per heavy atom. The van der Waals surface area contributed by atoms with E-state index in [4.69, 9.17) is 21.1 Å². The normalized spacial score (nSPS) is 17.1. The number of carbonyl (C=O) groups excluding carboxylic acids is 1. The lowest BCUT2D eigenvalue weighted by Crippen LogP contribution is -2.41. The monoisotopic (exact) mass is 487 g/mol. The molecule has 1 aliphatic rings. The van der Waals surface area contributed by atoms with E-state index < -0.39 is 5.25 Å². The Balaban J connectivity index is 1.63. The maximum absolute atomic E-state index is 13.4. The van der Waals surface area contributed by atoms with E-state index in [1.54, 1.807) is 13.2 Å². The smallest absolute Gasteiger partial charge is 0.240 e. The largest absolute Gasteiger partial charge is 0.495 e. The van der Waals surface area contributed by atoms with E-state index in [1.165, 1.54) is 11.8 Å². The summed E-state index contributed by atoms with van der Waals surface area (Å²) in [6, 6.07) is 12.5. The molecule has 2 aromatic carbocycles. The van der Waals surface area contributed by atoms with Crippen molar-refractivity contribution >= 4 is 35.0 Å². The number of nitrogens with one attached hydrogen (secondary N) is 2. The number of methoxy groups -OCH3 is 1. The van der Waals surface area contributed by atoms with Crippen LogP contribution in [0.15, 0.2) is 47.6 Å². The fourth-order valence-corrected chi connectivity index (χ4v) is 4.99. The number of thioether (sulfide) groups is 1. The minimum Gasteiger partial charge on any atom is -0.495 e. The van der Waals surface area contributed by atoms with E-state index in [-0.39, 0.29) is 11.9 Å². The number of hydrogen-bond acceptors (Lipinski definition) is 7. The van der Waals surface area contributed by atoms with Crippen molar-refractivity contribution in [1.82, 2.24) is 14.9 Å². The van der Waals surface area contributed by atoms with Crippen LogP contribution in [0.25, 0.3) is 0 Å². The van der Waals surface area contributed by atoms with Crippen LogP contribution < -0.4 is 20.2 Å². The molecule has 0 radical (unpaired) electrons. The molecule has 1 amide bonds. The third kappa shape index (κ3) is 5.04. The van der Waals surface area contributed by atoms with Crippen molar-refractivity contribution in [1.29, 1.82) is 0 Å². The van der Waals surface area contributed by atoms with Crippen molar-refractivity contribution in [3.05, 3.63) is 58.9 Å². The van der Waals surface area contributed by atoms with Gasteiger partial charge in [0.2, 0.25) is 11.1 Å². The van der Waals surface area contributed by atoms with Crippen molar-refractivity contribution in [2.45, 2.75) is 43.1 Å². The molecule has 0 aliphatic carbocycles. The van der Waals surface area contributed by atoms with Crippen LogP contribution >= 0.6 is 23.4 Å². The molecule has 4 rings (SSSR count). The molecule has 0 bridgehead atoms. The Morgan fingerprint density at radius 1 is 1.21 bits per heavy atom. The lowest BCUT2D eigenvalue weighted by molar-refractivity contribution is -0.116. The maximum atomic E-state index is 13.4. The quantitative estimate of drug-likeness (QED) is 0.476. The number of carbonyl (C=O) groups is 1. The highest BCUT2D eigenvalue weighted by Gasteiger charge is 2.38. The molecule has 0 spiro atoms. The van der Waals surface area contributed by atoms with Gasteiger partial charge in [-0.2, -0.15) is 0 Å².